The highest BCUT2D eigenvalue weighted by Gasteiger charge is 2.14. The number of ether oxygens (including phenoxy) is 2. The van der Waals surface area contributed by atoms with E-state index in [0.717, 1.165) is 0 Å². The molecule has 0 fully saturated rings. The summed E-state index contributed by atoms with van der Waals surface area (Å²) in [5.41, 5.74) is 6.81. The summed E-state index contributed by atoms with van der Waals surface area (Å²) in [7, 11) is 1.27. The average Bonchev–Trinajstić information content (AvgIpc) is 2.47. The maximum Gasteiger partial charge on any atom is 0.341 e. The second kappa shape index (κ2) is 6.45. The quantitative estimate of drug-likeness (QED) is 0.694. The summed E-state index contributed by atoms with van der Waals surface area (Å²) in [6.45, 7) is 0.00401. The first-order valence-electron chi connectivity index (χ1n) is 6.06. The van der Waals surface area contributed by atoms with Crippen molar-refractivity contribution < 1.29 is 18.7 Å². The number of esters is 1. The van der Waals surface area contributed by atoms with Gasteiger partial charge in [-0.05, 0) is 30.3 Å². The lowest BCUT2D eigenvalue weighted by Gasteiger charge is -2.12. The molecular formula is C15H13ClFNO3. The van der Waals surface area contributed by atoms with Gasteiger partial charge in [0.25, 0.3) is 0 Å². The second-order valence-electron chi connectivity index (χ2n) is 4.27. The van der Waals surface area contributed by atoms with Gasteiger partial charge in [-0.2, -0.15) is 0 Å². The molecule has 2 N–H and O–H groups in total. The molecule has 0 heterocycles. The Morgan fingerprint density at radius 3 is 2.76 bits per heavy atom. The fourth-order valence-corrected chi connectivity index (χ4v) is 1.92. The number of rotatable bonds is 4. The minimum absolute atomic E-state index is 0.00401. The van der Waals surface area contributed by atoms with Crippen molar-refractivity contribution in [2.45, 2.75) is 6.61 Å². The van der Waals surface area contributed by atoms with Crippen molar-refractivity contribution in [1.82, 2.24) is 0 Å². The Labute approximate surface area is 126 Å². The topological polar surface area (TPSA) is 61.5 Å². The van der Waals surface area contributed by atoms with E-state index in [4.69, 9.17) is 22.1 Å². The van der Waals surface area contributed by atoms with Crippen LogP contribution in [0, 0.1) is 5.82 Å². The van der Waals surface area contributed by atoms with Gasteiger partial charge in [-0.25, -0.2) is 9.18 Å². The van der Waals surface area contributed by atoms with Crippen LogP contribution in [0.5, 0.6) is 5.75 Å². The molecule has 0 unspecified atom stereocenters. The summed E-state index contributed by atoms with van der Waals surface area (Å²) in [6.07, 6.45) is 0. The van der Waals surface area contributed by atoms with Crippen LogP contribution in [0.15, 0.2) is 36.4 Å². The highest BCUT2D eigenvalue weighted by molar-refractivity contribution is 6.31. The van der Waals surface area contributed by atoms with Crippen LogP contribution in [0.4, 0.5) is 10.1 Å². The molecule has 6 heteroatoms. The summed E-state index contributed by atoms with van der Waals surface area (Å²) in [5, 5.41) is 0.375. The molecule has 0 aromatic heterocycles. The van der Waals surface area contributed by atoms with Gasteiger partial charge in [0, 0.05) is 22.3 Å². The SMILES string of the molecule is COC(=O)c1ccc(N)cc1OCc1cc(F)ccc1Cl. The Morgan fingerprint density at radius 1 is 1.29 bits per heavy atom. The molecule has 0 saturated carbocycles. The van der Waals surface area contributed by atoms with Crippen LogP contribution in [-0.4, -0.2) is 13.1 Å². The molecule has 0 atom stereocenters. The van der Waals surface area contributed by atoms with Crippen LogP contribution in [0.25, 0.3) is 0 Å². The van der Waals surface area contributed by atoms with Crippen molar-refractivity contribution in [2.75, 3.05) is 12.8 Å². The van der Waals surface area contributed by atoms with Gasteiger partial charge in [-0.1, -0.05) is 11.6 Å². The first-order valence-corrected chi connectivity index (χ1v) is 6.43. The summed E-state index contributed by atoms with van der Waals surface area (Å²) in [5.74, 6) is -0.712. The zero-order valence-corrected chi connectivity index (χ0v) is 12.0. The van der Waals surface area contributed by atoms with E-state index in [0.29, 0.717) is 16.3 Å². The Balaban J connectivity index is 2.25. The predicted molar refractivity (Wildman–Crippen MR) is 77.9 cm³/mol. The van der Waals surface area contributed by atoms with Gasteiger partial charge in [-0.15, -0.1) is 0 Å². The number of halogens is 2. The van der Waals surface area contributed by atoms with Crippen molar-refractivity contribution in [1.29, 1.82) is 0 Å². The third-order valence-electron chi connectivity index (χ3n) is 2.80. The van der Waals surface area contributed by atoms with Crippen molar-refractivity contribution in [3.8, 4) is 5.75 Å². The third kappa shape index (κ3) is 3.64. The summed E-state index contributed by atoms with van der Waals surface area (Å²) < 4.78 is 23.4. The number of methoxy groups -OCH3 is 1. The van der Waals surface area contributed by atoms with Crippen LogP contribution in [0.2, 0.25) is 5.02 Å². The largest absolute Gasteiger partial charge is 0.488 e. The fraction of sp³-hybridized carbons (Fsp3) is 0.133. The normalized spacial score (nSPS) is 10.2. The third-order valence-corrected chi connectivity index (χ3v) is 3.17. The van der Waals surface area contributed by atoms with Gasteiger partial charge in [0.2, 0.25) is 0 Å². The second-order valence-corrected chi connectivity index (χ2v) is 4.68. The fourth-order valence-electron chi connectivity index (χ4n) is 1.75. The predicted octanol–water partition coefficient (Wildman–Crippen LogP) is 3.43. The molecule has 0 radical (unpaired) electrons. The first kappa shape index (κ1) is 15.1. The lowest BCUT2D eigenvalue weighted by Crippen LogP contribution is -2.07. The van der Waals surface area contributed by atoms with E-state index in [2.05, 4.69) is 4.74 Å². The van der Waals surface area contributed by atoms with E-state index < -0.39 is 11.8 Å². The zero-order chi connectivity index (χ0) is 15.4. The molecule has 0 bridgehead atoms. The maximum atomic E-state index is 13.2. The molecule has 0 aliphatic carbocycles. The minimum Gasteiger partial charge on any atom is -0.488 e. The smallest absolute Gasteiger partial charge is 0.341 e. The Hall–Kier alpha value is -2.27. The Bertz CT molecular complexity index is 676. The van der Waals surface area contributed by atoms with Gasteiger partial charge in [0.1, 0.15) is 23.7 Å². The lowest BCUT2D eigenvalue weighted by molar-refractivity contribution is 0.0595. The van der Waals surface area contributed by atoms with Crippen LogP contribution < -0.4 is 10.5 Å². The average molecular weight is 310 g/mol. The number of carbonyl (C=O) groups is 1. The van der Waals surface area contributed by atoms with Gasteiger partial charge in [0.15, 0.2) is 0 Å². The molecule has 2 rings (SSSR count). The molecule has 2 aromatic rings. The van der Waals surface area contributed by atoms with Crippen molar-refractivity contribution in [3.63, 3.8) is 0 Å². The zero-order valence-electron chi connectivity index (χ0n) is 11.2. The molecular weight excluding hydrogens is 297 g/mol. The number of benzene rings is 2. The minimum atomic E-state index is -0.546. The molecule has 0 amide bonds. The van der Waals surface area contributed by atoms with Gasteiger partial charge in [0.05, 0.1) is 7.11 Å². The molecule has 0 aliphatic heterocycles. The lowest BCUT2D eigenvalue weighted by atomic mass is 10.2. The van der Waals surface area contributed by atoms with E-state index in [1.165, 1.54) is 37.4 Å². The molecule has 2 aromatic carbocycles. The standard InChI is InChI=1S/C15H13ClFNO3/c1-20-15(19)12-4-3-11(18)7-14(12)21-8-9-6-10(17)2-5-13(9)16/h2-7H,8,18H2,1H3. The number of nitrogen functional groups attached to an aromatic ring is 1. The van der Waals surface area contributed by atoms with Gasteiger partial charge in [-0.3, -0.25) is 0 Å². The summed E-state index contributed by atoms with van der Waals surface area (Å²) >= 11 is 5.96. The maximum absolute atomic E-state index is 13.2. The highest BCUT2D eigenvalue weighted by Crippen LogP contribution is 2.25. The Kier molecular flexibility index (Phi) is 4.65. The van der Waals surface area contributed by atoms with Crippen molar-refractivity contribution in [3.05, 3.63) is 58.4 Å². The van der Waals surface area contributed by atoms with E-state index in [1.54, 1.807) is 6.07 Å². The van der Waals surface area contributed by atoms with Crippen LogP contribution in [0.1, 0.15) is 15.9 Å². The van der Waals surface area contributed by atoms with E-state index in [1.807, 2.05) is 0 Å². The number of hydrogen-bond donors (Lipinski definition) is 1. The Morgan fingerprint density at radius 2 is 2.05 bits per heavy atom. The first-order chi connectivity index (χ1) is 10.0. The number of nitrogens with two attached hydrogens (primary N) is 1. The van der Waals surface area contributed by atoms with Crippen molar-refractivity contribution in [2.24, 2.45) is 0 Å². The van der Waals surface area contributed by atoms with Crippen LogP contribution >= 0.6 is 11.6 Å². The van der Waals surface area contributed by atoms with Crippen LogP contribution in [-0.2, 0) is 11.3 Å². The molecule has 0 saturated heterocycles. The number of carbonyl (C=O) groups excluding carboxylic acids is 1. The van der Waals surface area contributed by atoms with Crippen molar-refractivity contribution >= 4 is 23.3 Å². The van der Waals surface area contributed by atoms with E-state index in [9.17, 15) is 9.18 Å². The monoisotopic (exact) mass is 309 g/mol. The summed E-state index contributed by atoms with van der Waals surface area (Å²) in [6, 6.07) is 8.53. The van der Waals surface area contributed by atoms with E-state index >= 15 is 0 Å². The van der Waals surface area contributed by atoms with Crippen LogP contribution in [0.3, 0.4) is 0 Å². The van der Waals surface area contributed by atoms with E-state index in [-0.39, 0.29) is 17.9 Å². The molecule has 0 spiro atoms. The van der Waals surface area contributed by atoms with Gasteiger partial charge >= 0.3 is 5.97 Å². The molecule has 21 heavy (non-hydrogen) atoms. The number of hydrogen-bond acceptors (Lipinski definition) is 4. The van der Waals surface area contributed by atoms with Gasteiger partial charge < -0.3 is 15.2 Å². The highest BCUT2D eigenvalue weighted by atomic mass is 35.5. The molecule has 110 valence electrons. The summed E-state index contributed by atoms with van der Waals surface area (Å²) in [4.78, 5) is 11.6. The molecule has 4 nitrogen and oxygen atoms in total. The number of anilines is 1. The molecule has 0 aliphatic rings.